The van der Waals surface area contributed by atoms with Crippen LogP contribution in [0.1, 0.15) is 12.0 Å². The number of aryl methyl sites for hydroxylation is 1. The first-order valence-corrected chi connectivity index (χ1v) is 8.31. The molecule has 0 unspecified atom stereocenters. The van der Waals surface area contributed by atoms with Gasteiger partial charge in [0.25, 0.3) is 0 Å². The van der Waals surface area contributed by atoms with Gasteiger partial charge in [-0.1, -0.05) is 29.5 Å². The Morgan fingerprint density at radius 3 is 2.22 bits per heavy atom. The summed E-state index contributed by atoms with van der Waals surface area (Å²) in [5.41, 5.74) is 8.33. The molecule has 2 aromatic carbocycles. The molecule has 0 aliphatic heterocycles. The smallest absolute Gasteiger partial charge is 0.123 e. The molecule has 0 bridgehead atoms. The summed E-state index contributed by atoms with van der Waals surface area (Å²) in [6.07, 6.45) is 2.92. The van der Waals surface area contributed by atoms with Crippen molar-refractivity contribution in [1.82, 2.24) is 15.0 Å². The van der Waals surface area contributed by atoms with Crippen molar-refractivity contribution in [1.29, 1.82) is 0 Å². The molecular formula is C19H22ClFN4O2. The molecule has 3 rings (SSSR count). The minimum absolute atomic E-state index is 0. The van der Waals surface area contributed by atoms with Crippen molar-refractivity contribution in [3.63, 3.8) is 0 Å². The van der Waals surface area contributed by atoms with Gasteiger partial charge in [0, 0.05) is 5.56 Å². The first-order valence-electron chi connectivity index (χ1n) is 8.31. The van der Waals surface area contributed by atoms with Gasteiger partial charge in [0.2, 0.25) is 0 Å². The van der Waals surface area contributed by atoms with Crippen LogP contribution in [0.2, 0.25) is 0 Å². The highest BCUT2D eigenvalue weighted by atomic mass is 35.5. The second-order valence-corrected chi connectivity index (χ2v) is 6.40. The SMILES string of the molecule is Cl.NC(CO)(CO)CCc1ccc(-c2cn(-c3ccc(F)cc3)nn2)cc1. The van der Waals surface area contributed by atoms with Crippen LogP contribution in [0, 0.1) is 5.82 Å². The maximum Gasteiger partial charge on any atom is 0.123 e. The Morgan fingerprint density at radius 2 is 1.63 bits per heavy atom. The number of aliphatic hydroxyl groups excluding tert-OH is 2. The first-order chi connectivity index (χ1) is 12.5. The second-order valence-electron chi connectivity index (χ2n) is 6.40. The van der Waals surface area contributed by atoms with Crippen molar-refractivity contribution in [2.75, 3.05) is 13.2 Å². The number of benzene rings is 2. The van der Waals surface area contributed by atoms with E-state index in [0.717, 1.165) is 16.8 Å². The Balaban J connectivity index is 0.00000261. The van der Waals surface area contributed by atoms with Gasteiger partial charge in [-0.15, -0.1) is 17.5 Å². The van der Waals surface area contributed by atoms with Crippen LogP contribution in [-0.4, -0.2) is 44.0 Å². The average Bonchev–Trinajstić information content (AvgIpc) is 3.17. The number of halogens is 2. The van der Waals surface area contributed by atoms with E-state index < -0.39 is 5.54 Å². The van der Waals surface area contributed by atoms with E-state index >= 15 is 0 Å². The fourth-order valence-electron chi connectivity index (χ4n) is 2.56. The Hall–Kier alpha value is -2.32. The summed E-state index contributed by atoms with van der Waals surface area (Å²) >= 11 is 0. The Labute approximate surface area is 162 Å². The zero-order valence-electron chi connectivity index (χ0n) is 14.6. The summed E-state index contributed by atoms with van der Waals surface area (Å²) in [7, 11) is 0. The number of aliphatic hydroxyl groups is 2. The fraction of sp³-hybridized carbons (Fsp3) is 0.263. The third-order valence-corrected chi connectivity index (χ3v) is 4.38. The third-order valence-electron chi connectivity index (χ3n) is 4.38. The molecule has 1 aromatic heterocycles. The van der Waals surface area contributed by atoms with Gasteiger partial charge in [-0.3, -0.25) is 0 Å². The molecule has 27 heavy (non-hydrogen) atoms. The molecule has 0 atom stereocenters. The van der Waals surface area contributed by atoms with Crippen LogP contribution in [0.3, 0.4) is 0 Å². The molecule has 1 heterocycles. The van der Waals surface area contributed by atoms with Crippen LogP contribution < -0.4 is 5.73 Å². The van der Waals surface area contributed by atoms with Crippen molar-refractivity contribution in [3.05, 3.63) is 66.1 Å². The topological polar surface area (TPSA) is 97.2 Å². The number of nitrogens with zero attached hydrogens (tertiary/aromatic N) is 3. The zero-order chi connectivity index (χ0) is 18.6. The Bertz CT molecular complexity index is 849. The summed E-state index contributed by atoms with van der Waals surface area (Å²) in [4.78, 5) is 0. The van der Waals surface area contributed by atoms with Gasteiger partial charge in [0.05, 0.1) is 30.6 Å². The van der Waals surface area contributed by atoms with Gasteiger partial charge >= 0.3 is 0 Å². The molecule has 8 heteroatoms. The minimum Gasteiger partial charge on any atom is -0.394 e. The number of hydrogen-bond acceptors (Lipinski definition) is 5. The van der Waals surface area contributed by atoms with Crippen LogP contribution in [0.4, 0.5) is 4.39 Å². The Morgan fingerprint density at radius 1 is 1.00 bits per heavy atom. The number of nitrogens with two attached hydrogens (primary N) is 1. The second kappa shape index (κ2) is 9.05. The van der Waals surface area contributed by atoms with Crippen molar-refractivity contribution < 1.29 is 14.6 Å². The van der Waals surface area contributed by atoms with Gasteiger partial charge < -0.3 is 15.9 Å². The van der Waals surface area contributed by atoms with Gasteiger partial charge in [-0.05, 0) is 42.7 Å². The van der Waals surface area contributed by atoms with Gasteiger partial charge in [-0.25, -0.2) is 9.07 Å². The zero-order valence-corrected chi connectivity index (χ0v) is 15.4. The summed E-state index contributed by atoms with van der Waals surface area (Å²) in [6.45, 7) is -0.512. The molecule has 0 fully saturated rings. The largest absolute Gasteiger partial charge is 0.394 e. The molecule has 0 saturated heterocycles. The lowest BCUT2D eigenvalue weighted by molar-refractivity contribution is 0.115. The molecule has 0 radical (unpaired) electrons. The summed E-state index contributed by atoms with van der Waals surface area (Å²) in [5.74, 6) is -0.298. The van der Waals surface area contributed by atoms with E-state index in [1.165, 1.54) is 12.1 Å². The monoisotopic (exact) mass is 392 g/mol. The van der Waals surface area contributed by atoms with Crippen LogP contribution in [0.5, 0.6) is 0 Å². The predicted molar refractivity (Wildman–Crippen MR) is 103 cm³/mol. The first kappa shape index (κ1) is 21.0. The highest BCUT2D eigenvalue weighted by molar-refractivity contribution is 5.85. The minimum atomic E-state index is -0.962. The standard InChI is InChI=1S/C19H21FN4O2.ClH/c20-16-5-7-17(8-6-16)24-11-18(22-23-24)15-3-1-14(2-4-15)9-10-19(21,12-25)13-26;/h1-8,11,25-26H,9-10,12-13,21H2;1H. The van der Waals surface area contributed by atoms with Gasteiger partial charge in [0.15, 0.2) is 0 Å². The highest BCUT2D eigenvalue weighted by Gasteiger charge is 2.22. The summed E-state index contributed by atoms with van der Waals surface area (Å²) < 4.78 is 14.6. The van der Waals surface area contributed by atoms with Crippen LogP contribution >= 0.6 is 12.4 Å². The van der Waals surface area contributed by atoms with Crippen LogP contribution in [0.15, 0.2) is 54.7 Å². The summed E-state index contributed by atoms with van der Waals surface area (Å²) in [6, 6.07) is 13.8. The molecular weight excluding hydrogens is 371 g/mol. The molecule has 0 aliphatic carbocycles. The molecule has 4 N–H and O–H groups in total. The van der Waals surface area contributed by atoms with Crippen molar-refractivity contribution >= 4 is 12.4 Å². The normalized spacial score (nSPS) is 11.3. The molecule has 6 nitrogen and oxygen atoms in total. The van der Waals surface area contributed by atoms with E-state index in [0.29, 0.717) is 18.5 Å². The third kappa shape index (κ3) is 5.11. The fourth-order valence-corrected chi connectivity index (χ4v) is 2.56. The lowest BCUT2D eigenvalue weighted by Crippen LogP contribution is -2.47. The highest BCUT2D eigenvalue weighted by Crippen LogP contribution is 2.20. The van der Waals surface area contributed by atoms with Crippen molar-refractivity contribution in [2.45, 2.75) is 18.4 Å². The number of hydrogen-bond donors (Lipinski definition) is 3. The maximum absolute atomic E-state index is 13.0. The lowest BCUT2D eigenvalue weighted by Gasteiger charge is -2.24. The molecule has 0 saturated carbocycles. The number of rotatable bonds is 7. The van der Waals surface area contributed by atoms with Gasteiger partial charge in [0.1, 0.15) is 11.5 Å². The van der Waals surface area contributed by atoms with E-state index in [9.17, 15) is 14.6 Å². The van der Waals surface area contributed by atoms with E-state index in [1.807, 2.05) is 24.3 Å². The van der Waals surface area contributed by atoms with Crippen LogP contribution in [0.25, 0.3) is 16.9 Å². The van der Waals surface area contributed by atoms with Crippen molar-refractivity contribution in [3.8, 4) is 16.9 Å². The number of aromatic nitrogens is 3. The van der Waals surface area contributed by atoms with Gasteiger partial charge in [-0.2, -0.15) is 0 Å². The molecule has 144 valence electrons. The van der Waals surface area contributed by atoms with E-state index in [-0.39, 0.29) is 31.4 Å². The molecule has 3 aromatic rings. The average molecular weight is 393 g/mol. The van der Waals surface area contributed by atoms with Crippen LogP contribution in [-0.2, 0) is 6.42 Å². The quantitative estimate of drug-likeness (QED) is 0.572. The van der Waals surface area contributed by atoms with Crippen molar-refractivity contribution in [2.24, 2.45) is 5.73 Å². The van der Waals surface area contributed by atoms with E-state index in [1.54, 1.807) is 23.0 Å². The molecule has 0 spiro atoms. The molecule has 0 amide bonds. The predicted octanol–water partition coefficient (Wildman–Crippen LogP) is 2.11. The van der Waals surface area contributed by atoms with E-state index in [2.05, 4.69) is 10.3 Å². The summed E-state index contributed by atoms with van der Waals surface area (Å²) in [5, 5.41) is 26.7. The Kier molecular flexibility index (Phi) is 7.04. The van der Waals surface area contributed by atoms with E-state index in [4.69, 9.17) is 5.73 Å². The molecule has 0 aliphatic rings. The maximum atomic E-state index is 13.0. The lowest BCUT2D eigenvalue weighted by atomic mass is 9.93.